The Bertz CT molecular complexity index is 1830. The lowest BCUT2D eigenvalue weighted by atomic mass is 9.95. The van der Waals surface area contributed by atoms with E-state index in [1.807, 2.05) is 44.2 Å². The minimum Gasteiger partial charge on any atom is -0.493 e. The first kappa shape index (κ1) is 28.7. The molecule has 7 nitrogen and oxygen atoms in total. The molecule has 41 heavy (non-hydrogen) atoms. The molecule has 2 heterocycles. The zero-order valence-corrected chi connectivity index (χ0v) is 25.1. The number of hydrogen-bond acceptors (Lipinski definition) is 6. The lowest BCUT2D eigenvalue weighted by Crippen LogP contribution is -2.40. The minimum atomic E-state index is -0.714. The van der Waals surface area contributed by atoms with E-state index in [2.05, 4.69) is 10.3 Å². The van der Waals surface area contributed by atoms with E-state index in [-0.39, 0.29) is 17.6 Å². The summed E-state index contributed by atoms with van der Waals surface area (Å²) in [6.07, 6.45) is 1.64. The first-order valence-corrected chi connectivity index (χ1v) is 14.4. The molecular formula is C31H27Cl2N3O4S. The summed E-state index contributed by atoms with van der Waals surface area (Å²) in [5.41, 5.74) is 2.63. The van der Waals surface area contributed by atoms with Crippen LogP contribution in [0, 0.1) is 0 Å². The Morgan fingerprint density at radius 3 is 2.46 bits per heavy atom. The van der Waals surface area contributed by atoms with Crippen LogP contribution in [0.1, 0.15) is 37.9 Å². The monoisotopic (exact) mass is 607 g/mol. The Balaban J connectivity index is 1.65. The van der Waals surface area contributed by atoms with Gasteiger partial charge in [-0.2, -0.15) is 0 Å². The minimum absolute atomic E-state index is 0.0969. The highest BCUT2D eigenvalue weighted by atomic mass is 35.5. The van der Waals surface area contributed by atoms with Crippen LogP contribution in [0.5, 0.6) is 11.5 Å². The summed E-state index contributed by atoms with van der Waals surface area (Å²) in [7, 11) is 1.54. The predicted molar refractivity (Wildman–Crippen MR) is 164 cm³/mol. The maximum atomic E-state index is 14.0. The molecule has 1 aliphatic rings. The Morgan fingerprint density at radius 1 is 1.10 bits per heavy atom. The summed E-state index contributed by atoms with van der Waals surface area (Å²) in [5, 5.41) is 3.86. The van der Waals surface area contributed by atoms with Gasteiger partial charge in [-0.05, 0) is 74.4 Å². The van der Waals surface area contributed by atoms with Gasteiger partial charge in [0, 0.05) is 10.7 Å². The van der Waals surface area contributed by atoms with E-state index in [0.29, 0.717) is 53.4 Å². The van der Waals surface area contributed by atoms with Crippen molar-refractivity contribution in [3.8, 4) is 11.5 Å². The van der Waals surface area contributed by atoms with Gasteiger partial charge in [-0.1, -0.05) is 64.9 Å². The van der Waals surface area contributed by atoms with Crippen molar-refractivity contribution in [2.24, 2.45) is 4.99 Å². The van der Waals surface area contributed by atoms with Crippen molar-refractivity contribution < 1.29 is 14.3 Å². The molecule has 0 aliphatic carbocycles. The summed E-state index contributed by atoms with van der Waals surface area (Å²) in [4.78, 5) is 32.8. The van der Waals surface area contributed by atoms with Crippen LogP contribution in [0.15, 0.2) is 87.8 Å². The van der Waals surface area contributed by atoms with E-state index >= 15 is 0 Å². The summed E-state index contributed by atoms with van der Waals surface area (Å²) in [5.74, 6) is 0.555. The van der Waals surface area contributed by atoms with Gasteiger partial charge in [0.25, 0.3) is 11.5 Å². The third-order valence-corrected chi connectivity index (χ3v) is 7.90. The lowest BCUT2D eigenvalue weighted by molar-refractivity contribution is -0.113. The molecule has 0 bridgehead atoms. The van der Waals surface area contributed by atoms with Gasteiger partial charge in [0.05, 0.1) is 40.1 Å². The fourth-order valence-electron chi connectivity index (χ4n) is 4.62. The van der Waals surface area contributed by atoms with E-state index < -0.39 is 6.04 Å². The fraction of sp³-hybridized carbons (Fsp3) is 0.194. The van der Waals surface area contributed by atoms with E-state index in [9.17, 15) is 9.59 Å². The maximum Gasteiger partial charge on any atom is 0.271 e. The second-order valence-electron chi connectivity index (χ2n) is 9.65. The second-order valence-corrected chi connectivity index (χ2v) is 11.5. The van der Waals surface area contributed by atoms with Gasteiger partial charge in [-0.3, -0.25) is 14.2 Å². The number of fused-ring (bicyclic) bond motifs is 1. The molecule has 1 aliphatic heterocycles. The Kier molecular flexibility index (Phi) is 8.35. The average Bonchev–Trinajstić information content (AvgIpc) is 3.24. The Hall–Kier alpha value is -3.85. The quantitative estimate of drug-likeness (QED) is 0.280. The van der Waals surface area contributed by atoms with E-state index in [4.69, 9.17) is 32.7 Å². The lowest BCUT2D eigenvalue weighted by Gasteiger charge is -2.25. The van der Waals surface area contributed by atoms with Crippen LogP contribution in [0.25, 0.3) is 6.08 Å². The molecule has 210 valence electrons. The normalized spacial score (nSPS) is 15.0. The highest BCUT2D eigenvalue weighted by Crippen LogP contribution is 2.37. The van der Waals surface area contributed by atoms with Gasteiger partial charge in [0.15, 0.2) is 16.3 Å². The SMILES string of the molecule is COc1cc(/C=c2\sc3n(c2=O)[C@H](c2ccc(Cl)cc2)C(C(=O)Nc2ccccc2)=C(C)N=3)cc(Cl)c1OC(C)C. The maximum absolute atomic E-state index is 14.0. The summed E-state index contributed by atoms with van der Waals surface area (Å²) < 4.78 is 13.3. The molecule has 0 spiro atoms. The molecule has 1 aromatic heterocycles. The molecule has 1 atom stereocenters. The number of halogens is 2. The van der Waals surface area contributed by atoms with Crippen molar-refractivity contribution in [2.45, 2.75) is 32.9 Å². The number of nitrogens with one attached hydrogen (secondary N) is 1. The number of carbonyl (C=O) groups is 1. The molecule has 1 N–H and O–H groups in total. The van der Waals surface area contributed by atoms with Gasteiger partial charge >= 0.3 is 0 Å². The summed E-state index contributed by atoms with van der Waals surface area (Å²) >= 11 is 13.9. The number of benzene rings is 3. The number of ether oxygens (including phenoxy) is 2. The number of carbonyl (C=O) groups excluding carboxylic acids is 1. The van der Waals surface area contributed by atoms with Gasteiger partial charge in [0.2, 0.25) is 0 Å². The zero-order valence-electron chi connectivity index (χ0n) is 22.8. The number of thiazole rings is 1. The zero-order chi connectivity index (χ0) is 29.3. The molecule has 0 radical (unpaired) electrons. The Morgan fingerprint density at radius 2 is 1.80 bits per heavy atom. The smallest absolute Gasteiger partial charge is 0.271 e. The van der Waals surface area contributed by atoms with Crippen molar-refractivity contribution in [3.05, 3.63) is 119 Å². The Labute approximate surface area is 251 Å². The van der Waals surface area contributed by atoms with Crippen molar-refractivity contribution in [3.63, 3.8) is 0 Å². The van der Waals surface area contributed by atoms with Crippen LogP contribution >= 0.6 is 34.5 Å². The third kappa shape index (κ3) is 5.95. The third-order valence-electron chi connectivity index (χ3n) is 6.39. The molecule has 1 amide bonds. The van der Waals surface area contributed by atoms with Gasteiger partial charge < -0.3 is 14.8 Å². The highest BCUT2D eigenvalue weighted by Gasteiger charge is 2.32. The number of para-hydroxylation sites is 1. The predicted octanol–water partition coefficient (Wildman–Crippen LogP) is 5.98. The number of rotatable bonds is 7. The molecule has 0 saturated carbocycles. The molecule has 0 unspecified atom stereocenters. The number of hydrogen-bond donors (Lipinski definition) is 1. The number of aromatic nitrogens is 1. The van der Waals surface area contributed by atoms with E-state index in [0.717, 1.165) is 5.56 Å². The first-order valence-electron chi connectivity index (χ1n) is 12.8. The number of anilines is 1. The van der Waals surface area contributed by atoms with Gasteiger partial charge in [-0.25, -0.2) is 4.99 Å². The number of allylic oxidation sites excluding steroid dienone is 1. The summed E-state index contributed by atoms with van der Waals surface area (Å²) in [6, 6.07) is 19.0. The molecular weight excluding hydrogens is 581 g/mol. The molecule has 10 heteroatoms. The van der Waals surface area contributed by atoms with E-state index in [1.54, 1.807) is 54.0 Å². The van der Waals surface area contributed by atoms with Crippen LogP contribution in [-0.4, -0.2) is 23.7 Å². The highest BCUT2D eigenvalue weighted by molar-refractivity contribution is 7.07. The van der Waals surface area contributed by atoms with Crippen molar-refractivity contribution in [1.29, 1.82) is 0 Å². The second kappa shape index (κ2) is 11.9. The molecule has 4 aromatic rings. The molecule has 3 aromatic carbocycles. The van der Waals surface area contributed by atoms with Crippen LogP contribution in [0.2, 0.25) is 10.0 Å². The van der Waals surface area contributed by atoms with Crippen LogP contribution in [0.4, 0.5) is 5.69 Å². The molecule has 0 saturated heterocycles. The van der Waals surface area contributed by atoms with Gasteiger partial charge in [-0.15, -0.1) is 0 Å². The van der Waals surface area contributed by atoms with Gasteiger partial charge in [0.1, 0.15) is 0 Å². The van der Waals surface area contributed by atoms with Crippen LogP contribution in [-0.2, 0) is 4.79 Å². The first-order chi connectivity index (χ1) is 19.7. The fourth-order valence-corrected chi connectivity index (χ4v) is 6.05. The largest absolute Gasteiger partial charge is 0.493 e. The summed E-state index contributed by atoms with van der Waals surface area (Å²) in [6.45, 7) is 5.58. The van der Waals surface area contributed by atoms with E-state index in [1.165, 1.54) is 18.4 Å². The standard InChI is InChI=1S/C31H27Cl2N3O4S/c1-17(2)40-28-23(33)14-19(15-24(28)39-4)16-25-30(38)36-27(20-10-12-21(32)13-11-20)26(18(3)34-31(36)41-25)29(37)35-22-8-6-5-7-9-22/h5-17,27H,1-4H3,(H,35,37)/b25-16-/t27-/m1/s1. The molecule has 5 rings (SSSR count). The topological polar surface area (TPSA) is 81.9 Å². The van der Waals surface area contributed by atoms with Crippen LogP contribution < -0.4 is 29.7 Å². The van der Waals surface area contributed by atoms with Crippen molar-refractivity contribution in [2.75, 3.05) is 12.4 Å². The average molecular weight is 609 g/mol. The number of nitrogens with zero attached hydrogens (tertiary/aromatic N) is 2. The van der Waals surface area contributed by atoms with Crippen molar-refractivity contribution in [1.82, 2.24) is 4.57 Å². The molecule has 0 fully saturated rings. The van der Waals surface area contributed by atoms with Crippen LogP contribution in [0.3, 0.4) is 0 Å². The van der Waals surface area contributed by atoms with Crippen molar-refractivity contribution >= 4 is 52.2 Å². The number of amides is 1. The number of methoxy groups -OCH3 is 1.